The maximum atomic E-state index is 13.8. The van der Waals surface area contributed by atoms with E-state index < -0.39 is 28.5 Å². The van der Waals surface area contributed by atoms with E-state index in [1.165, 1.54) is 17.0 Å². The summed E-state index contributed by atoms with van der Waals surface area (Å²) >= 11 is 16.1. The molecule has 1 N–H and O–H groups in total. The molecule has 2 amide bonds. The van der Waals surface area contributed by atoms with Gasteiger partial charge in [0.1, 0.15) is 12.6 Å². The van der Waals surface area contributed by atoms with E-state index in [9.17, 15) is 18.0 Å². The molecule has 3 rings (SSSR count). The van der Waals surface area contributed by atoms with E-state index in [1.807, 2.05) is 0 Å². The molecule has 196 valence electrons. The Morgan fingerprint density at radius 2 is 1.54 bits per heavy atom. The minimum absolute atomic E-state index is 0.0307. The summed E-state index contributed by atoms with van der Waals surface area (Å²) in [6.45, 7) is 3.07. The van der Waals surface area contributed by atoms with Gasteiger partial charge in [-0.3, -0.25) is 13.9 Å². The number of anilines is 1. The molecule has 3 aromatic carbocycles. The van der Waals surface area contributed by atoms with Crippen molar-refractivity contribution in [3.05, 3.63) is 92.9 Å². The maximum absolute atomic E-state index is 13.8. The zero-order valence-corrected chi connectivity index (χ0v) is 24.1. The fourth-order valence-corrected chi connectivity index (χ4v) is 5.83. The van der Waals surface area contributed by atoms with Crippen LogP contribution < -0.4 is 9.62 Å². The number of amides is 2. The van der Waals surface area contributed by atoms with Gasteiger partial charge in [0.25, 0.3) is 10.0 Å². The van der Waals surface area contributed by atoms with Gasteiger partial charge in [-0.05, 0) is 62.4 Å². The zero-order chi connectivity index (χ0) is 27.2. The van der Waals surface area contributed by atoms with Gasteiger partial charge in [0, 0.05) is 33.2 Å². The van der Waals surface area contributed by atoms with Crippen molar-refractivity contribution in [2.45, 2.75) is 31.3 Å². The van der Waals surface area contributed by atoms with Crippen LogP contribution in [0, 0.1) is 0 Å². The minimum atomic E-state index is -4.12. The quantitative estimate of drug-likeness (QED) is 0.322. The SMILES string of the molecule is CCNC(=O)C(C)N(Cc1c(Cl)cccc1Cl)C(=O)CN(c1ccc(Br)cc1)S(=O)(=O)c1ccccc1. The Morgan fingerprint density at radius 1 is 0.946 bits per heavy atom. The molecule has 0 saturated heterocycles. The molecule has 0 aliphatic heterocycles. The van der Waals surface area contributed by atoms with Crippen molar-refractivity contribution in [1.82, 2.24) is 10.2 Å². The Morgan fingerprint density at radius 3 is 2.11 bits per heavy atom. The molecule has 0 bridgehead atoms. The summed E-state index contributed by atoms with van der Waals surface area (Å²) in [5.41, 5.74) is 0.748. The highest BCUT2D eigenvalue weighted by atomic mass is 79.9. The van der Waals surface area contributed by atoms with E-state index in [0.29, 0.717) is 27.8 Å². The van der Waals surface area contributed by atoms with E-state index in [1.54, 1.807) is 74.5 Å². The highest BCUT2D eigenvalue weighted by Gasteiger charge is 2.33. The van der Waals surface area contributed by atoms with E-state index in [4.69, 9.17) is 23.2 Å². The molecule has 0 spiro atoms. The first kappa shape index (κ1) is 29.0. The lowest BCUT2D eigenvalue weighted by Gasteiger charge is -2.32. The summed E-state index contributed by atoms with van der Waals surface area (Å²) < 4.78 is 29.1. The van der Waals surface area contributed by atoms with E-state index in [2.05, 4.69) is 21.2 Å². The number of carbonyl (C=O) groups is 2. The Hall–Kier alpha value is -2.59. The van der Waals surface area contributed by atoms with Crippen LogP contribution in [0.2, 0.25) is 10.0 Å². The van der Waals surface area contributed by atoms with Gasteiger partial charge in [-0.25, -0.2) is 8.42 Å². The Labute approximate surface area is 235 Å². The van der Waals surface area contributed by atoms with Crippen LogP contribution in [0.3, 0.4) is 0 Å². The molecule has 0 aliphatic rings. The standard InChI is InChI=1S/C26H26BrCl2N3O4S/c1-3-30-26(34)18(2)31(16-22-23(28)10-7-11-24(22)29)25(33)17-32(20-14-12-19(27)13-15-20)37(35,36)21-8-5-4-6-9-21/h4-15,18H,3,16-17H2,1-2H3,(H,30,34). The van der Waals surface area contributed by atoms with Gasteiger partial charge in [0.05, 0.1) is 10.6 Å². The van der Waals surface area contributed by atoms with Crippen molar-refractivity contribution in [1.29, 1.82) is 0 Å². The number of benzene rings is 3. The minimum Gasteiger partial charge on any atom is -0.355 e. The predicted molar refractivity (Wildman–Crippen MR) is 150 cm³/mol. The van der Waals surface area contributed by atoms with Crippen molar-refractivity contribution in [2.75, 3.05) is 17.4 Å². The van der Waals surface area contributed by atoms with Crippen molar-refractivity contribution in [2.24, 2.45) is 0 Å². The third kappa shape index (κ3) is 7.04. The predicted octanol–water partition coefficient (Wildman–Crippen LogP) is 5.50. The maximum Gasteiger partial charge on any atom is 0.264 e. The number of hydrogen-bond acceptors (Lipinski definition) is 4. The third-order valence-electron chi connectivity index (χ3n) is 5.63. The van der Waals surface area contributed by atoms with Crippen LogP contribution in [0.5, 0.6) is 0 Å². The van der Waals surface area contributed by atoms with Crippen LogP contribution in [-0.2, 0) is 26.2 Å². The molecule has 0 fully saturated rings. The van der Waals surface area contributed by atoms with Gasteiger partial charge < -0.3 is 10.2 Å². The smallest absolute Gasteiger partial charge is 0.264 e. The lowest BCUT2D eigenvalue weighted by molar-refractivity contribution is -0.139. The monoisotopic (exact) mass is 625 g/mol. The second-order valence-corrected chi connectivity index (χ2v) is 11.7. The molecule has 7 nitrogen and oxygen atoms in total. The Bertz CT molecular complexity index is 1340. The summed E-state index contributed by atoms with van der Waals surface area (Å²) in [4.78, 5) is 27.9. The number of likely N-dealkylation sites (N-methyl/N-ethyl adjacent to an activating group) is 1. The van der Waals surface area contributed by atoms with Gasteiger partial charge in [-0.1, -0.05) is 63.4 Å². The van der Waals surface area contributed by atoms with Gasteiger partial charge in [-0.2, -0.15) is 0 Å². The number of hydrogen-bond donors (Lipinski definition) is 1. The molecule has 1 atom stereocenters. The Kier molecular flexibility index (Phi) is 10.0. The van der Waals surface area contributed by atoms with Gasteiger partial charge in [0.2, 0.25) is 11.8 Å². The molecular weight excluding hydrogens is 601 g/mol. The summed E-state index contributed by atoms with van der Waals surface area (Å²) in [6.07, 6.45) is 0. The normalized spacial score (nSPS) is 12.0. The fourth-order valence-electron chi connectivity index (χ4n) is 3.61. The number of rotatable bonds is 10. The lowest BCUT2D eigenvalue weighted by atomic mass is 10.1. The number of nitrogens with one attached hydrogen (secondary N) is 1. The molecule has 0 saturated carbocycles. The van der Waals surface area contributed by atoms with E-state index in [0.717, 1.165) is 8.78 Å². The second-order valence-electron chi connectivity index (χ2n) is 8.09. The summed E-state index contributed by atoms with van der Waals surface area (Å²) in [5, 5.41) is 3.36. The van der Waals surface area contributed by atoms with E-state index >= 15 is 0 Å². The van der Waals surface area contributed by atoms with Crippen molar-refractivity contribution in [3.63, 3.8) is 0 Å². The molecular formula is C26H26BrCl2N3O4S. The fraction of sp³-hybridized carbons (Fsp3) is 0.231. The largest absolute Gasteiger partial charge is 0.355 e. The van der Waals surface area contributed by atoms with Crippen LogP contribution in [0.1, 0.15) is 19.4 Å². The van der Waals surface area contributed by atoms with Gasteiger partial charge >= 0.3 is 0 Å². The first-order valence-corrected chi connectivity index (χ1v) is 14.4. The van der Waals surface area contributed by atoms with Crippen LogP contribution in [0.15, 0.2) is 82.2 Å². The number of carbonyl (C=O) groups excluding carboxylic acids is 2. The van der Waals surface area contributed by atoms with Gasteiger partial charge in [0.15, 0.2) is 0 Å². The van der Waals surface area contributed by atoms with E-state index in [-0.39, 0.29) is 17.3 Å². The summed E-state index contributed by atoms with van der Waals surface area (Å²) in [5.74, 6) is -0.989. The number of nitrogens with zero attached hydrogens (tertiary/aromatic N) is 2. The van der Waals surface area contributed by atoms with Crippen LogP contribution >= 0.6 is 39.1 Å². The highest BCUT2D eigenvalue weighted by Crippen LogP contribution is 2.28. The van der Waals surface area contributed by atoms with Crippen molar-refractivity contribution < 1.29 is 18.0 Å². The van der Waals surface area contributed by atoms with Crippen LogP contribution in [0.4, 0.5) is 5.69 Å². The molecule has 0 aromatic heterocycles. The molecule has 1 unspecified atom stereocenters. The zero-order valence-electron chi connectivity index (χ0n) is 20.2. The topological polar surface area (TPSA) is 86.8 Å². The van der Waals surface area contributed by atoms with Crippen molar-refractivity contribution in [3.8, 4) is 0 Å². The molecule has 37 heavy (non-hydrogen) atoms. The molecule has 11 heteroatoms. The lowest BCUT2D eigenvalue weighted by Crippen LogP contribution is -2.51. The third-order valence-corrected chi connectivity index (χ3v) is 8.66. The number of sulfonamides is 1. The molecule has 0 heterocycles. The van der Waals surface area contributed by atoms with Crippen molar-refractivity contribution >= 4 is 66.7 Å². The molecule has 3 aromatic rings. The Balaban J connectivity index is 2.05. The van der Waals surface area contributed by atoms with Crippen LogP contribution in [-0.4, -0.2) is 44.3 Å². The number of halogens is 3. The highest BCUT2D eigenvalue weighted by molar-refractivity contribution is 9.10. The second kappa shape index (κ2) is 12.8. The summed E-state index contributed by atoms with van der Waals surface area (Å²) in [6, 6.07) is 18.4. The van der Waals surface area contributed by atoms with Crippen LogP contribution in [0.25, 0.3) is 0 Å². The first-order chi connectivity index (χ1) is 17.6. The van der Waals surface area contributed by atoms with Gasteiger partial charge in [-0.15, -0.1) is 0 Å². The molecule has 0 aliphatic carbocycles. The molecule has 0 radical (unpaired) electrons. The average molecular weight is 627 g/mol. The average Bonchev–Trinajstić information content (AvgIpc) is 2.88. The summed E-state index contributed by atoms with van der Waals surface area (Å²) in [7, 11) is -4.12. The first-order valence-electron chi connectivity index (χ1n) is 11.4.